The number of pyridine rings is 1. The van der Waals surface area contributed by atoms with Gasteiger partial charge in [-0.1, -0.05) is 6.07 Å². The fourth-order valence-corrected chi connectivity index (χ4v) is 5.46. The topological polar surface area (TPSA) is 68.4 Å². The summed E-state index contributed by atoms with van der Waals surface area (Å²) in [6.07, 6.45) is 1.98. The van der Waals surface area contributed by atoms with Crippen molar-refractivity contribution < 1.29 is 4.74 Å². The molecule has 1 aliphatic rings. The maximum absolute atomic E-state index is 5.46. The molecule has 0 amide bonds. The number of nitrogens with zero attached hydrogens (tertiary/aromatic N) is 6. The van der Waals surface area contributed by atoms with Crippen molar-refractivity contribution in [2.45, 2.75) is 30.6 Å². The number of morpholine rings is 1. The normalized spacial score (nSPS) is 15.6. The number of hydrogen-bond acceptors (Lipinski definition) is 8. The summed E-state index contributed by atoms with van der Waals surface area (Å²) in [5, 5.41) is 11.5. The highest BCUT2D eigenvalue weighted by atomic mass is 32.2. The van der Waals surface area contributed by atoms with Crippen LogP contribution in [0.2, 0.25) is 0 Å². The fraction of sp³-hybridized carbons (Fsp3) is 0.368. The summed E-state index contributed by atoms with van der Waals surface area (Å²) in [4.78, 5) is 14.5. The van der Waals surface area contributed by atoms with Gasteiger partial charge in [0.2, 0.25) is 5.16 Å². The molecule has 0 spiro atoms. The van der Waals surface area contributed by atoms with Crippen LogP contribution in [0.15, 0.2) is 34.6 Å². The van der Waals surface area contributed by atoms with E-state index >= 15 is 0 Å². The van der Waals surface area contributed by atoms with Crippen LogP contribution in [0.1, 0.15) is 16.3 Å². The van der Waals surface area contributed by atoms with E-state index in [4.69, 9.17) is 14.7 Å². The van der Waals surface area contributed by atoms with Gasteiger partial charge in [-0.05, 0) is 43.3 Å². The van der Waals surface area contributed by atoms with Crippen LogP contribution in [-0.4, -0.2) is 55.8 Å². The Kier molecular flexibility index (Phi) is 4.75. The summed E-state index contributed by atoms with van der Waals surface area (Å²) in [7, 11) is 0. The Morgan fingerprint density at radius 3 is 2.86 bits per heavy atom. The number of aromatic nitrogens is 5. The average molecular weight is 413 g/mol. The highest BCUT2D eigenvalue weighted by Crippen LogP contribution is 2.37. The highest BCUT2D eigenvalue weighted by Gasteiger charge is 2.19. The number of fused-ring (bicyclic) bond motifs is 2. The van der Waals surface area contributed by atoms with E-state index in [1.54, 1.807) is 23.1 Å². The third-order valence-electron chi connectivity index (χ3n) is 4.98. The van der Waals surface area contributed by atoms with Crippen LogP contribution in [0.25, 0.3) is 15.9 Å². The number of ether oxygens (including phenoxy) is 1. The van der Waals surface area contributed by atoms with E-state index in [-0.39, 0.29) is 0 Å². The Labute approximate surface area is 170 Å². The molecule has 0 atom stereocenters. The molecule has 5 heterocycles. The van der Waals surface area contributed by atoms with E-state index in [1.165, 1.54) is 10.4 Å². The molecule has 0 N–H and O–H groups in total. The smallest absolute Gasteiger partial charge is 0.201 e. The molecule has 1 aliphatic heterocycles. The Morgan fingerprint density at radius 1 is 1.14 bits per heavy atom. The molecule has 9 heteroatoms. The zero-order valence-electron chi connectivity index (χ0n) is 15.8. The zero-order chi connectivity index (χ0) is 19.1. The largest absolute Gasteiger partial charge is 0.379 e. The number of rotatable bonds is 4. The van der Waals surface area contributed by atoms with Gasteiger partial charge in [0.1, 0.15) is 15.7 Å². The first-order valence-corrected chi connectivity index (χ1v) is 10.9. The Bertz CT molecular complexity index is 1150. The maximum Gasteiger partial charge on any atom is 0.201 e. The minimum Gasteiger partial charge on any atom is -0.379 e. The van der Waals surface area contributed by atoms with Gasteiger partial charge in [-0.3, -0.25) is 9.30 Å². The molecule has 28 heavy (non-hydrogen) atoms. The lowest BCUT2D eigenvalue weighted by Gasteiger charge is -2.25. The van der Waals surface area contributed by atoms with Crippen molar-refractivity contribution in [3.8, 4) is 0 Å². The van der Waals surface area contributed by atoms with Crippen molar-refractivity contribution >= 4 is 39.0 Å². The van der Waals surface area contributed by atoms with Crippen LogP contribution < -0.4 is 0 Å². The van der Waals surface area contributed by atoms with Gasteiger partial charge in [-0.2, -0.15) is 0 Å². The van der Waals surface area contributed by atoms with Crippen LogP contribution >= 0.6 is 23.1 Å². The minimum atomic E-state index is 0.740. The Balaban J connectivity index is 1.57. The zero-order valence-corrected chi connectivity index (χ0v) is 17.4. The van der Waals surface area contributed by atoms with Crippen molar-refractivity contribution in [2.24, 2.45) is 0 Å². The van der Waals surface area contributed by atoms with Gasteiger partial charge in [-0.25, -0.2) is 9.97 Å². The molecule has 0 bridgehead atoms. The molecular weight excluding hydrogens is 392 g/mol. The van der Waals surface area contributed by atoms with Crippen LogP contribution in [0.3, 0.4) is 0 Å². The average Bonchev–Trinajstić information content (AvgIpc) is 3.24. The molecule has 0 aromatic carbocycles. The molecule has 7 nitrogen and oxygen atoms in total. The predicted molar refractivity (Wildman–Crippen MR) is 110 cm³/mol. The van der Waals surface area contributed by atoms with Crippen molar-refractivity contribution in [3.63, 3.8) is 0 Å². The number of thiophene rings is 1. The summed E-state index contributed by atoms with van der Waals surface area (Å²) < 4.78 is 7.45. The van der Waals surface area contributed by atoms with E-state index in [2.05, 4.69) is 28.9 Å². The quantitative estimate of drug-likeness (QED) is 0.476. The second-order valence-corrected chi connectivity index (χ2v) is 8.97. The fourth-order valence-electron chi connectivity index (χ4n) is 3.33. The van der Waals surface area contributed by atoms with Gasteiger partial charge >= 0.3 is 0 Å². The van der Waals surface area contributed by atoms with Crippen molar-refractivity contribution in [1.82, 2.24) is 29.5 Å². The molecule has 4 aromatic rings. The van der Waals surface area contributed by atoms with Crippen LogP contribution in [0.4, 0.5) is 0 Å². The van der Waals surface area contributed by atoms with Gasteiger partial charge in [0.05, 0.1) is 19.8 Å². The third-order valence-corrected chi connectivity index (χ3v) is 7.03. The van der Waals surface area contributed by atoms with E-state index in [1.807, 2.05) is 28.8 Å². The number of aryl methyl sites for hydroxylation is 2. The Hall–Kier alpha value is -2.07. The standard InChI is InChI=1S/C19H20N6OS2/c1-12-13(2)27-17-16(12)18(21-14(20-17)11-24-7-9-26-10-8-24)28-19-23-22-15-5-3-4-6-25(15)19/h3-6H,7-11H2,1-2H3. The molecule has 0 aliphatic carbocycles. The van der Waals surface area contributed by atoms with E-state index in [0.717, 1.165) is 64.7 Å². The number of hydrogen-bond donors (Lipinski definition) is 0. The van der Waals surface area contributed by atoms with Crippen molar-refractivity contribution in [1.29, 1.82) is 0 Å². The lowest BCUT2D eigenvalue weighted by atomic mass is 10.2. The summed E-state index contributed by atoms with van der Waals surface area (Å²) in [5.74, 6) is 0.854. The molecule has 4 aromatic heterocycles. The SMILES string of the molecule is Cc1sc2nc(CN3CCOCC3)nc(Sc3nnc4ccccn34)c2c1C. The van der Waals surface area contributed by atoms with Crippen LogP contribution in [0.5, 0.6) is 0 Å². The lowest BCUT2D eigenvalue weighted by Crippen LogP contribution is -2.36. The van der Waals surface area contributed by atoms with Crippen LogP contribution in [0, 0.1) is 13.8 Å². The molecule has 1 saturated heterocycles. The second kappa shape index (κ2) is 7.40. The summed E-state index contributed by atoms with van der Waals surface area (Å²) in [5.41, 5.74) is 2.08. The molecule has 0 saturated carbocycles. The first-order valence-electron chi connectivity index (χ1n) is 9.23. The van der Waals surface area contributed by atoms with E-state index in [0.29, 0.717) is 0 Å². The van der Waals surface area contributed by atoms with E-state index in [9.17, 15) is 0 Å². The monoisotopic (exact) mass is 412 g/mol. The molecule has 144 valence electrons. The van der Waals surface area contributed by atoms with Crippen molar-refractivity contribution in [3.05, 3.63) is 40.7 Å². The second-order valence-electron chi connectivity index (χ2n) is 6.81. The van der Waals surface area contributed by atoms with Gasteiger partial charge in [0.15, 0.2) is 5.65 Å². The summed E-state index contributed by atoms with van der Waals surface area (Å²) >= 11 is 3.29. The maximum atomic E-state index is 5.46. The van der Waals surface area contributed by atoms with Crippen LogP contribution in [-0.2, 0) is 11.3 Å². The first-order chi connectivity index (χ1) is 13.7. The minimum absolute atomic E-state index is 0.740. The predicted octanol–water partition coefficient (Wildman–Crippen LogP) is 3.33. The third kappa shape index (κ3) is 3.28. The Morgan fingerprint density at radius 2 is 2.00 bits per heavy atom. The summed E-state index contributed by atoms with van der Waals surface area (Å²) in [6.45, 7) is 8.40. The molecule has 5 rings (SSSR count). The molecule has 0 radical (unpaired) electrons. The first kappa shape index (κ1) is 18.0. The summed E-state index contributed by atoms with van der Waals surface area (Å²) in [6, 6.07) is 5.91. The molecular formula is C19H20N6OS2. The lowest BCUT2D eigenvalue weighted by molar-refractivity contribution is 0.0330. The van der Waals surface area contributed by atoms with Gasteiger partial charge in [0, 0.05) is 29.5 Å². The van der Waals surface area contributed by atoms with Crippen molar-refractivity contribution in [2.75, 3.05) is 26.3 Å². The highest BCUT2D eigenvalue weighted by molar-refractivity contribution is 7.99. The van der Waals surface area contributed by atoms with Gasteiger partial charge < -0.3 is 4.74 Å². The molecule has 1 fully saturated rings. The van der Waals surface area contributed by atoms with Gasteiger partial charge in [0.25, 0.3) is 0 Å². The van der Waals surface area contributed by atoms with E-state index < -0.39 is 0 Å². The van der Waals surface area contributed by atoms with Gasteiger partial charge in [-0.15, -0.1) is 21.5 Å². The molecule has 0 unspecified atom stereocenters.